The summed E-state index contributed by atoms with van der Waals surface area (Å²) in [6.45, 7) is 1.85. The molecule has 2 heterocycles. The Bertz CT molecular complexity index is 716. The number of amidine groups is 1. The van der Waals surface area contributed by atoms with Gasteiger partial charge in [0.25, 0.3) is 5.91 Å². The summed E-state index contributed by atoms with van der Waals surface area (Å²) in [5, 5.41) is 19.1. The van der Waals surface area contributed by atoms with Crippen LogP contribution in [0.5, 0.6) is 0 Å². The third kappa shape index (κ3) is 2.92. The topological polar surface area (TPSA) is 119 Å². The van der Waals surface area contributed by atoms with Gasteiger partial charge in [-0.2, -0.15) is 5.10 Å². The molecule has 0 spiro atoms. The Morgan fingerprint density at radius 1 is 1.61 bits per heavy atom. The number of furan rings is 1. The van der Waals surface area contributed by atoms with E-state index in [0.717, 1.165) is 25.0 Å². The molecular weight excluding hydrogens is 298 g/mol. The summed E-state index contributed by atoms with van der Waals surface area (Å²) in [6.07, 6.45) is 6.09. The quantitative estimate of drug-likeness (QED) is 0.336. The zero-order chi connectivity index (χ0) is 16.4. The number of nitrogens with zero attached hydrogens (tertiary/aromatic N) is 3. The minimum atomic E-state index is -0.767. The van der Waals surface area contributed by atoms with E-state index in [0.29, 0.717) is 11.3 Å². The summed E-state index contributed by atoms with van der Waals surface area (Å²) in [4.78, 5) is 12.7. The van der Waals surface area contributed by atoms with Gasteiger partial charge in [0.1, 0.15) is 11.7 Å². The van der Waals surface area contributed by atoms with Crippen molar-refractivity contribution in [3.05, 3.63) is 41.6 Å². The van der Waals surface area contributed by atoms with Gasteiger partial charge < -0.3 is 20.7 Å². The smallest absolute Gasteiger partial charge is 0.270 e. The number of hydrogen-bond acceptors (Lipinski definition) is 5. The zero-order valence-corrected chi connectivity index (χ0v) is 12.8. The lowest BCUT2D eigenvalue weighted by atomic mass is 9.93. The summed E-state index contributed by atoms with van der Waals surface area (Å²) in [6, 6.07) is 2.89. The van der Waals surface area contributed by atoms with Gasteiger partial charge in [0.2, 0.25) is 0 Å². The first kappa shape index (κ1) is 15.1. The summed E-state index contributed by atoms with van der Waals surface area (Å²) in [5.74, 6) is -0.443. The summed E-state index contributed by atoms with van der Waals surface area (Å²) in [5.41, 5.74) is 7.55. The number of carbonyl (C=O) groups is 1. The van der Waals surface area contributed by atoms with Gasteiger partial charge in [-0.05, 0) is 38.3 Å². The average molecular weight is 317 g/mol. The lowest BCUT2D eigenvalue weighted by molar-refractivity contribution is 0.0927. The molecule has 8 heteroatoms. The molecule has 4 N–H and O–H groups in total. The molecule has 1 fully saturated rings. The van der Waals surface area contributed by atoms with Gasteiger partial charge in [-0.3, -0.25) is 9.48 Å². The Kier molecular flexibility index (Phi) is 4.05. The van der Waals surface area contributed by atoms with E-state index in [9.17, 15) is 4.79 Å². The number of nitrogens with two attached hydrogens (primary N) is 1. The van der Waals surface area contributed by atoms with E-state index in [1.54, 1.807) is 16.8 Å². The first-order valence-corrected chi connectivity index (χ1v) is 7.46. The molecular formula is C15H19N5O3. The molecule has 0 saturated heterocycles. The maximum absolute atomic E-state index is 12.7. The van der Waals surface area contributed by atoms with Crippen molar-refractivity contribution < 1.29 is 14.4 Å². The number of aromatic nitrogens is 2. The molecule has 1 aliphatic carbocycles. The maximum atomic E-state index is 12.7. The van der Waals surface area contributed by atoms with Crippen LogP contribution in [0.3, 0.4) is 0 Å². The maximum Gasteiger partial charge on any atom is 0.270 e. The van der Waals surface area contributed by atoms with Crippen molar-refractivity contribution in [1.82, 2.24) is 15.1 Å². The van der Waals surface area contributed by atoms with Gasteiger partial charge >= 0.3 is 0 Å². The zero-order valence-electron chi connectivity index (χ0n) is 12.8. The minimum Gasteiger partial charge on any atom is -0.472 e. The normalized spacial score (nSPS) is 16.8. The number of aryl methyl sites for hydroxylation is 1. The van der Waals surface area contributed by atoms with Crippen molar-refractivity contribution in [3.63, 3.8) is 0 Å². The van der Waals surface area contributed by atoms with E-state index in [1.165, 1.54) is 12.5 Å². The second kappa shape index (κ2) is 6.15. The van der Waals surface area contributed by atoms with Crippen LogP contribution in [-0.4, -0.2) is 26.7 Å². The Hall–Kier alpha value is -2.77. The fourth-order valence-electron chi connectivity index (χ4n) is 2.63. The summed E-state index contributed by atoms with van der Waals surface area (Å²) >= 11 is 0. The fourth-order valence-corrected chi connectivity index (χ4v) is 2.63. The van der Waals surface area contributed by atoms with Crippen LogP contribution < -0.4 is 11.1 Å². The van der Waals surface area contributed by atoms with Crippen LogP contribution in [0.15, 0.2) is 34.2 Å². The SMILES string of the molecule is Cc1cc(C(=O)NC(C(N)=NO)c2ccoc2)n(C2CCC2)n1. The second-order valence-electron chi connectivity index (χ2n) is 5.69. The molecule has 0 radical (unpaired) electrons. The molecule has 8 nitrogen and oxygen atoms in total. The van der Waals surface area contributed by atoms with Gasteiger partial charge in [0.15, 0.2) is 5.84 Å². The van der Waals surface area contributed by atoms with Crippen LogP contribution in [0.1, 0.15) is 53.1 Å². The molecule has 1 atom stereocenters. The number of carbonyl (C=O) groups excluding carboxylic acids is 1. The third-order valence-electron chi connectivity index (χ3n) is 4.07. The van der Waals surface area contributed by atoms with Crippen LogP contribution in [0.2, 0.25) is 0 Å². The van der Waals surface area contributed by atoms with Crippen molar-refractivity contribution in [2.24, 2.45) is 10.9 Å². The molecule has 0 aliphatic heterocycles. The number of rotatable bonds is 5. The fraction of sp³-hybridized carbons (Fsp3) is 0.400. The van der Waals surface area contributed by atoms with Crippen LogP contribution in [0.25, 0.3) is 0 Å². The lowest BCUT2D eigenvalue weighted by Crippen LogP contribution is -2.39. The third-order valence-corrected chi connectivity index (χ3v) is 4.07. The van der Waals surface area contributed by atoms with Gasteiger partial charge in [-0.1, -0.05) is 5.16 Å². The minimum absolute atomic E-state index is 0.119. The Morgan fingerprint density at radius 2 is 2.39 bits per heavy atom. The van der Waals surface area contributed by atoms with E-state index in [4.69, 9.17) is 15.4 Å². The van der Waals surface area contributed by atoms with Crippen molar-refractivity contribution >= 4 is 11.7 Å². The highest BCUT2D eigenvalue weighted by atomic mass is 16.4. The molecule has 0 bridgehead atoms. The molecule has 1 amide bonds. The molecule has 2 aromatic rings. The molecule has 122 valence electrons. The highest BCUT2D eigenvalue weighted by Crippen LogP contribution is 2.32. The van der Waals surface area contributed by atoms with E-state index in [1.807, 2.05) is 6.92 Å². The monoisotopic (exact) mass is 317 g/mol. The summed E-state index contributed by atoms with van der Waals surface area (Å²) in [7, 11) is 0. The Labute approximate surface area is 132 Å². The van der Waals surface area contributed by atoms with Crippen molar-refractivity contribution in [1.29, 1.82) is 0 Å². The van der Waals surface area contributed by atoms with E-state index < -0.39 is 6.04 Å². The molecule has 1 saturated carbocycles. The number of hydrogen-bond donors (Lipinski definition) is 3. The Morgan fingerprint density at radius 3 is 2.96 bits per heavy atom. The molecule has 1 aliphatic rings. The van der Waals surface area contributed by atoms with Gasteiger partial charge in [0.05, 0.1) is 24.3 Å². The second-order valence-corrected chi connectivity index (χ2v) is 5.69. The molecule has 3 rings (SSSR count). The molecule has 0 aromatic carbocycles. The predicted molar refractivity (Wildman–Crippen MR) is 82.2 cm³/mol. The first-order chi connectivity index (χ1) is 11.1. The number of nitrogens with one attached hydrogen (secondary N) is 1. The number of amides is 1. The number of oxime groups is 1. The molecule has 2 aromatic heterocycles. The molecule has 1 unspecified atom stereocenters. The lowest BCUT2D eigenvalue weighted by Gasteiger charge is -2.27. The Balaban J connectivity index is 1.85. The first-order valence-electron chi connectivity index (χ1n) is 7.46. The van der Waals surface area contributed by atoms with Crippen LogP contribution in [0, 0.1) is 6.92 Å². The van der Waals surface area contributed by atoms with Gasteiger partial charge in [-0.25, -0.2) is 0 Å². The van der Waals surface area contributed by atoms with Crippen LogP contribution in [0.4, 0.5) is 0 Å². The van der Waals surface area contributed by atoms with E-state index >= 15 is 0 Å². The van der Waals surface area contributed by atoms with Gasteiger partial charge in [-0.15, -0.1) is 0 Å². The van der Waals surface area contributed by atoms with Crippen LogP contribution in [-0.2, 0) is 0 Å². The standard InChI is InChI=1S/C15H19N5O3/c1-9-7-12(20(18-9)11-3-2-4-11)15(21)17-13(14(16)19-22)10-5-6-23-8-10/h5-8,11,13,22H,2-4H2,1H3,(H2,16,19)(H,17,21). The van der Waals surface area contributed by atoms with E-state index in [-0.39, 0.29) is 17.8 Å². The van der Waals surface area contributed by atoms with Crippen molar-refractivity contribution in [3.8, 4) is 0 Å². The highest BCUT2D eigenvalue weighted by molar-refractivity contribution is 5.97. The van der Waals surface area contributed by atoms with Crippen molar-refractivity contribution in [2.75, 3.05) is 0 Å². The molecule has 23 heavy (non-hydrogen) atoms. The highest BCUT2D eigenvalue weighted by Gasteiger charge is 2.28. The largest absolute Gasteiger partial charge is 0.472 e. The van der Waals surface area contributed by atoms with Gasteiger partial charge in [0, 0.05) is 5.56 Å². The van der Waals surface area contributed by atoms with E-state index in [2.05, 4.69) is 15.6 Å². The van der Waals surface area contributed by atoms with Crippen LogP contribution >= 0.6 is 0 Å². The van der Waals surface area contributed by atoms with Crippen molar-refractivity contribution in [2.45, 2.75) is 38.3 Å². The summed E-state index contributed by atoms with van der Waals surface area (Å²) < 4.78 is 6.78. The average Bonchev–Trinajstić information content (AvgIpc) is 3.12. The predicted octanol–water partition coefficient (Wildman–Crippen LogP) is 1.73.